The number of rotatable bonds is 33. The van der Waals surface area contributed by atoms with E-state index in [1.54, 1.807) is 0 Å². The highest BCUT2D eigenvalue weighted by Crippen LogP contribution is 2.26. The molecule has 2 saturated heterocycles. The van der Waals surface area contributed by atoms with Gasteiger partial charge in [0.05, 0.1) is 19.8 Å². The maximum Gasteiger partial charge on any atom is 0.306 e. The predicted molar refractivity (Wildman–Crippen MR) is 238 cm³/mol. The van der Waals surface area contributed by atoms with Crippen molar-refractivity contribution in [2.75, 3.05) is 26.4 Å². The van der Waals surface area contributed by atoms with Crippen molar-refractivity contribution >= 4 is 11.9 Å². The average Bonchev–Trinajstić information content (AvgIpc) is 3.28. The number of aliphatic hydroxyl groups is 7. The van der Waals surface area contributed by atoms with Crippen molar-refractivity contribution in [2.45, 2.75) is 191 Å². The molecule has 15 heteroatoms. The van der Waals surface area contributed by atoms with Gasteiger partial charge in [0.25, 0.3) is 0 Å². The van der Waals surface area contributed by atoms with Crippen LogP contribution in [-0.2, 0) is 38.0 Å². The lowest BCUT2D eigenvalue weighted by molar-refractivity contribution is -0.332. The lowest BCUT2D eigenvalue weighted by Gasteiger charge is -2.42. The second-order valence-electron chi connectivity index (χ2n) is 15.8. The van der Waals surface area contributed by atoms with E-state index < -0.39 is 99.3 Å². The molecule has 2 aliphatic rings. The highest BCUT2D eigenvalue weighted by atomic mass is 16.7. The van der Waals surface area contributed by atoms with Gasteiger partial charge in [-0.15, -0.1) is 0 Å². The van der Waals surface area contributed by atoms with Gasteiger partial charge in [-0.05, 0) is 70.6 Å². The topological polar surface area (TPSA) is 231 Å². The quantitative estimate of drug-likeness (QED) is 0.0259. The average molecular weight is 895 g/mol. The number of aliphatic hydroxyl groups excluding tert-OH is 7. The van der Waals surface area contributed by atoms with E-state index in [4.69, 9.17) is 28.4 Å². The van der Waals surface area contributed by atoms with Gasteiger partial charge < -0.3 is 64.2 Å². The van der Waals surface area contributed by atoms with Crippen LogP contribution in [0.15, 0.2) is 72.9 Å². The summed E-state index contributed by atoms with van der Waals surface area (Å²) in [4.78, 5) is 25.6. The molecule has 0 aromatic heterocycles. The predicted octanol–water partition coefficient (Wildman–Crippen LogP) is 5.09. The Morgan fingerprint density at radius 2 is 1.02 bits per heavy atom. The number of unbranched alkanes of at least 4 members (excludes halogenated alkanes) is 7. The number of hydrogen-bond donors (Lipinski definition) is 7. The van der Waals surface area contributed by atoms with Crippen molar-refractivity contribution in [3.63, 3.8) is 0 Å². The summed E-state index contributed by atoms with van der Waals surface area (Å²) >= 11 is 0. The molecule has 2 heterocycles. The van der Waals surface area contributed by atoms with E-state index in [-0.39, 0.29) is 19.4 Å². The van der Waals surface area contributed by atoms with Crippen LogP contribution >= 0.6 is 0 Å². The third-order valence-electron chi connectivity index (χ3n) is 10.4. The molecular formula is C48H78O15. The Labute approximate surface area is 374 Å². The van der Waals surface area contributed by atoms with Gasteiger partial charge in [0.15, 0.2) is 18.7 Å². The molecule has 0 aromatic rings. The molecule has 0 radical (unpaired) electrons. The summed E-state index contributed by atoms with van der Waals surface area (Å²) in [6, 6.07) is 0. The van der Waals surface area contributed by atoms with E-state index in [1.807, 2.05) is 12.2 Å². The van der Waals surface area contributed by atoms with Crippen molar-refractivity contribution in [3.8, 4) is 0 Å². The fraction of sp³-hybridized carbons (Fsp3) is 0.708. The lowest BCUT2D eigenvalue weighted by Crippen LogP contribution is -2.61. The van der Waals surface area contributed by atoms with Crippen molar-refractivity contribution in [1.29, 1.82) is 0 Å². The van der Waals surface area contributed by atoms with Crippen LogP contribution in [0.3, 0.4) is 0 Å². The molecular weight excluding hydrogens is 817 g/mol. The Morgan fingerprint density at radius 1 is 0.524 bits per heavy atom. The number of allylic oxidation sites excluding steroid dienone is 12. The first-order valence-electron chi connectivity index (χ1n) is 23.0. The molecule has 63 heavy (non-hydrogen) atoms. The van der Waals surface area contributed by atoms with Crippen LogP contribution in [-0.4, -0.2) is 142 Å². The second-order valence-corrected chi connectivity index (χ2v) is 15.8. The summed E-state index contributed by atoms with van der Waals surface area (Å²) < 4.78 is 33.3. The molecule has 2 aliphatic heterocycles. The summed E-state index contributed by atoms with van der Waals surface area (Å²) in [6.45, 7) is 2.30. The van der Waals surface area contributed by atoms with Crippen LogP contribution in [0.25, 0.3) is 0 Å². The number of esters is 2. The van der Waals surface area contributed by atoms with Gasteiger partial charge in [-0.3, -0.25) is 9.59 Å². The zero-order valence-corrected chi connectivity index (χ0v) is 37.5. The fourth-order valence-corrected chi connectivity index (χ4v) is 6.61. The van der Waals surface area contributed by atoms with Crippen LogP contribution in [0, 0.1) is 0 Å². The zero-order chi connectivity index (χ0) is 46.1. The Bertz CT molecular complexity index is 1380. The van der Waals surface area contributed by atoms with E-state index in [0.29, 0.717) is 19.3 Å². The Morgan fingerprint density at radius 3 is 1.63 bits per heavy atom. The van der Waals surface area contributed by atoms with Crippen LogP contribution in [0.2, 0.25) is 0 Å². The summed E-state index contributed by atoms with van der Waals surface area (Å²) in [5.41, 5.74) is 0. The maximum atomic E-state index is 12.9. The summed E-state index contributed by atoms with van der Waals surface area (Å²) in [7, 11) is 0. The van der Waals surface area contributed by atoms with Gasteiger partial charge >= 0.3 is 11.9 Å². The molecule has 11 atom stereocenters. The number of carbonyl (C=O) groups is 2. The van der Waals surface area contributed by atoms with Crippen molar-refractivity contribution in [3.05, 3.63) is 72.9 Å². The minimum atomic E-state index is -1.78. The van der Waals surface area contributed by atoms with Crippen LogP contribution in [0.1, 0.15) is 123 Å². The third-order valence-corrected chi connectivity index (χ3v) is 10.4. The molecule has 2 fully saturated rings. The van der Waals surface area contributed by atoms with Crippen LogP contribution < -0.4 is 0 Å². The summed E-state index contributed by atoms with van der Waals surface area (Å²) in [6.07, 6.45) is 22.5. The first kappa shape index (κ1) is 56.1. The van der Waals surface area contributed by atoms with Crippen molar-refractivity contribution in [1.82, 2.24) is 0 Å². The largest absolute Gasteiger partial charge is 0.462 e. The molecule has 0 bridgehead atoms. The molecule has 0 spiro atoms. The summed E-state index contributed by atoms with van der Waals surface area (Å²) in [5.74, 6) is -1.02. The second kappa shape index (κ2) is 35.2. The van der Waals surface area contributed by atoms with E-state index in [9.17, 15) is 45.3 Å². The zero-order valence-electron chi connectivity index (χ0n) is 37.5. The summed E-state index contributed by atoms with van der Waals surface area (Å²) in [5, 5.41) is 71.8. The molecule has 15 nitrogen and oxygen atoms in total. The Kier molecular flexibility index (Phi) is 31.4. The van der Waals surface area contributed by atoms with Crippen LogP contribution in [0.4, 0.5) is 0 Å². The molecule has 2 rings (SSSR count). The SMILES string of the molecule is CC/C=C\C/C=C\C/C=C\C/C=C\C/C=C\CCCC(=O)OC(COC(=O)CCCCCCC/C=C\CCC)COC1OC(COC2OC(CO)C(O)C(O)C2O)C(O)C(O)C1O. The Hall–Kier alpha value is -3.06. The van der Waals surface area contributed by atoms with Gasteiger partial charge in [-0.25, -0.2) is 0 Å². The van der Waals surface area contributed by atoms with Gasteiger partial charge in [0, 0.05) is 12.8 Å². The van der Waals surface area contributed by atoms with E-state index >= 15 is 0 Å². The monoisotopic (exact) mass is 895 g/mol. The highest BCUT2D eigenvalue weighted by molar-refractivity contribution is 5.70. The van der Waals surface area contributed by atoms with Gasteiger partial charge in [-0.1, -0.05) is 112 Å². The Balaban J connectivity index is 1.88. The number of ether oxygens (including phenoxy) is 6. The number of hydrogen-bond acceptors (Lipinski definition) is 15. The highest BCUT2D eigenvalue weighted by Gasteiger charge is 2.47. The minimum absolute atomic E-state index is 0.0813. The van der Waals surface area contributed by atoms with Gasteiger partial charge in [0.1, 0.15) is 55.4 Å². The van der Waals surface area contributed by atoms with E-state index in [0.717, 1.165) is 77.0 Å². The first-order chi connectivity index (χ1) is 30.5. The molecule has 0 amide bonds. The lowest BCUT2D eigenvalue weighted by atomic mass is 9.98. The maximum absolute atomic E-state index is 12.9. The standard InChI is InChI=1S/C48H78O15/c1-3-5-7-9-11-13-15-16-17-18-19-20-21-23-25-27-29-31-40(51)61-36(33-58-39(50)30-28-26-24-22-14-12-10-8-6-4-2)34-59-47-46(57)44(55)42(53)38(63-47)35-60-48-45(56)43(54)41(52)37(32-49)62-48/h5,7-8,10-11,13,16-17,19-20,23,25,36-38,41-49,52-57H,3-4,6,9,12,14-15,18,21-22,24,26-35H2,1-2H3/b7-5-,10-8-,13-11-,17-16-,20-19-,25-23-. The minimum Gasteiger partial charge on any atom is -0.462 e. The molecule has 7 N–H and O–H groups in total. The molecule has 0 aliphatic carbocycles. The van der Waals surface area contributed by atoms with E-state index in [1.165, 1.54) is 0 Å². The molecule has 0 saturated carbocycles. The van der Waals surface area contributed by atoms with Crippen molar-refractivity contribution in [2.24, 2.45) is 0 Å². The van der Waals surface area contributed by atoms with Crippen LogP contribution in [0.5, 0.6) is 0 Å². The normalized spacial score (nSPS) is 27.5. The molecule has 11 unspecified atom stereocenters. The smallest absolute Gasteiger partial charge is 0.306 e. The van der Waals surface area contributed by atoms with Crippen molar-refractivity contribution < 1.29 is 73.8 Å². The van der Waals surface area contributed by atoms with Gasteiger partial charge in [-0.2, -0.15) is 0 Å². The van der Waals surface area contributed by atoms with E-state index in [2.05, 4.69) is 74.6 Å². The third kappa shape index (κ3) is 24.2. The fourth-order valence-electron chi connectivity index (χ4n) is 6.61. The molecule has 0 aromatic carbocycles. The first-order valence-corrected chi connectivity index (χ1v) is 23.0. The van der Waals surface area contributed by atoms with Gasteiger partial charge in [0.2, 0.25) is 0 Å². The molecule has 360 valence electrons. The number of carbonyl (C=O) groups excluding carboxylic acids is 2.